The van der Waals surface area contributed by atoms with Crippen molar-refractivity contribution in [2.45, 2.75) is 26.3 Å². The molecule has 6 heteroatoms. The Bertz CT molecular complexity index is 1020. The topological polar surface area (TPSA) is 81.1 Å². The van der Waals surface area contributed by atoms with Crippen LogP contribution in [0.5, 0.6) is 0 Å². The molecule has 0 atom stereocenters. The molecule has 1 heterocycles. The summed E-state index contributed by atoms with van der Waals surface area (Å²) in [6.45, 7) is 1.86. The number of benzene rings is 2. The van der Waals surface area contributed by atoms with Gasteiger partial charge in [-0.1, -0.05) is 24.3 Å². The van der Waals surface area contributed by atoms with E-state index in [1.165, 1.54) is 17.8 Å². The fraction of sp³-hybridized carbons (Fsp3) is 0.200. The van der Waals surface area contributed by atoms with Gasteiger partial charge in [-0.15, -0.1) is 0 Å². The molecule has 0 aliphatic heterocycles. The molecule has 0 spiro atoms. The smallest absolute Gasteiger partial charge is 0.261 e. The molecule has 0 saturated heterocycles. The number of amides is 1. The number of rotatable bonds is 6. The molecular formula is C20H19N3O3. The Morgan fingerprint density at radius 3 is 2.62 bits per heavy atom. The van der Waals surface area contributed by atoms with Crippen LogP contribution < -0.4 is 10.9 Å². The fourth-order valence-electron chi connectivity index (χ4n) is 2.79. The summed E-state index contributed by atoms with van der Waals surface area (Å²) >= 11 is 0. The number of aryl methyl sites for hydroxylation is 1. The number of Topliss-reactive ketones (excluding diaryl/α,β-unsaturated/α-hetero) is 1. The molecule has 0 bridgehead atoms. The first-order valence-electron chi connectivity index (χ1n) is 8.40. The van der Waals surface area contributed by atoms with Crippen molar-refractivity contribution < 1.29 is 9.59 Å². The molecule has 0 saturated carbocycles. The van der Waals surface area contributed by atoms with Crippen molar-refractivity contribution in [2.75, 3.05) is 5.32 Å². The van der Waals surface area contributed by atoms with E-state index >= 15 is 0 Å². The van der Waals surface area contributed by atoms with Gasteiger partial charge in [0.2, 0.25) is 5.91 Å². The van der Waals surface area contributed by atoms with Gasteiger partial charge < -0.3 is 5.32 Å². The Hall–Kier alpha value is -3.28. The standard InChI is InChI=1S/C20H19N3O3/c1-14(24)15-7-2-5-10-18(15)22-19(25)11-6-12-23-13-21-17-9-4-3-8-16(17)20(23)26/h2-5,7-10,13H,6,11-12H2,1H3,(H,22,25). The van der Waals surface area contributed by atoms with Gasteiger partial charge in [-0.3, -0.25) is 19.0 Å². The molecule has 0 unspecified atom stereocenters. The number of nitrogens with one attached hydrogen (secondary N) is 1. The van der Waals surface area contributed by atoms with Gasteiger partial charge in [0.15, 0.2) is 5.78 Å². The van der Waals surface area contributed by atoms with Gasteiger partial charge >= 0.3 is 0 Å². The van der Waals surface area contributed by atoms with Crippen LogP contribution in [0, 0.1) is 0 Å². The van der Waals surface area contributed by atoms with Crippen LogP contribution in [0.15, 0.2) is 59.7 Å². The summed E-state index contributed by atoms with van der Waals surface area (Å²) in [5.41, 5.74) is 1.54. The zero-order chi connectivity index (χ0) is 18.5. The van der Waals surface area contributed by atoms with E-state index in [2.05, 4.69) is 10.3 Å². The number of carbonyl (C=O) groups is 2. The van der Waals surface area contributed by atoms with E-state index in [1.807, 2.05) is 6.07 Å². The summed E-state index contributed by atoms with van der Waals surface area (Å²) in [6.07, 6.45) is 2.24. The third kappa shape index (κ3) is 3.85. The molecule has 0 aliphatic carbocycles. The van der Waals surface area contributed by atoms with Crippen LogP contribution in [0.3, 0.4) is 0 Å². The maximum atomic E-state index is 12.4. The zero-order valence-corrected chi connectivity index (χ0v) is 14.4. The molecule has 2 aromatic carbocycles. The first kappa shape index (κ1) is 17.5. The Morgan fingerprint density at radius 1 is 1.08 bits per heavy atom. The van der Waals surface area contributed by atoms with Gasteiger partial charge in [-0.25, -0.2) is 4.98 Å². The minimum atomic E-state index is -0.194. The quantitative estimate of drug-likeness (QED) is 0.694. The number of carbonyl (C=O) groups excluding carboxylic acids is 2. The van der Waals surface area contributed by atoms with E-state index in [-0.39, 0.29) is 23.7 Å². The number of hydrogen-bond acceptors (Lipinski definition) is 4. The van der Waals surface area contributed by atoms with E-state index in [4.69, 9.17) is 0 Å². The Balaban J connectivity index is 1.62. The minimum Gasteiger partial charge on any atom is -0.325 e. The second kappa shape index (κ2) is 7.74. The van der Waals surface area contributed by atoms with E-state index < -0.39 is 0 Å². The summed E-state index contributed by atoms with van der Waals surface area (Å²) in [6, 6.07) is 14.1. The van der Waals surface area contributed by atoms with Crippen molar-refractivity contribution in [1.82, 2.24) is 9.55 Å². The Morgan fingerprint density at radius 2 is 1.81 bits per heavy atom. The molecule has 3 aromatic rings. The highest BCUT2D eigenvalue weighted by Crippen LogP contribution is 2.16. The van der Waals surface area contributed by atoms with E-state index in [0.717, 1.165) is 0 Å². The number of nitrogens with zero attached hydrogens (tertiary/aromatic N) is 2. The molecule has 26 heavy (non-hydrogen) atoms. The predicted molar refractivity (Wildman–Crippen MR) is 100 cm³/mol. The number of anilines is 1. The molecule has 1 amide bonds. The third-order valence-electron chi connectivity index (χ3n) is 4.11. The van der Waals surface area contributed by atoms with Crippen molar-refractivity contribution in [1.29, 1.82) is 0 Å². The second-order valence-electron chi connectivity index (χ2n) is 6.01. The largest absolute Gasteiger partial charge is 0.325 e. The molecule has 0 aliphatic rings. The van der Waals surface area contributed by atoms with Crippen LogP contribution in [-0.4, -0.2) is 21.2 Å². The highest BCUT2D eigenvalue weighted by atomic mass is 16.2. The van der Waals surface area contributed by atoms with Crippen molar-refractivity contribution in [3.8, 4) is 0 Å². The number of para-hydroxylation sites is 2. The van der Waals surface area contributed by atoms with Crippen LogP contribution in [0.2, 0.25) is 0 Å². The summed E-state index contributed by atoms with van der Waals surface area (Å²) < 4.78 is 1.51. The van der Waals surface area contributed by atoms with Crippen LogP contribution in [0.1, 0.15) is 30.1 Å². The van der Waals surface area contributed by atoms with Gasteiger partial charge in [0.05, 0.1) is 22.9 Å². The molecule has 1 aromatic heterocycles. The lowest BCUT2D eigenvalue weighted by molar-refractivity contribution is -0.116. The average Bonchev–Trinajstić information content (AvgIpc) is 2.64. The molecule has 132 valence electrons. The lowest BCUT2D eigenvalue weighted by atomic mass is 10.1. The summed E-state index contributed by atoms with van der Waals surface area (Å²) in [7, 11) is 0. The van der Waals surface area contributed by atoms with Crippen molar-refractivity contribution >= 4 is 28.3 Å². The summed E-state index contributed by atoms with van der Waals surface area (Å²) in [5, 5.41) is 3.32. The number of fused-ring (bicyclic) bond motifs is 1. The number of ketones is 1. The number of aromatic nitrogens is 2. The van der Waals surface area contributed by atoms with Gasteiger partial charge in [-0.2, -0.15) is 0 Å². The monoisotopic (exact) mass is 349 g/mol. The highest BCUT2D eigenvalue weighted by molar-refractivity contribution is 6.03. The van der Waals surface area contributed by atoms with Crippen molar-refractivity contribution in [2.24, 2.45) is 0 Å². The van der Waals surface area contributed by atoms with E-state index in [1.54, 1.807) is 42.5 Å². The first-order valence-corrected chi connectivity index (χ1v) is 8.40. The highest BCUT2D eigenvalue weighted by Gasteiger charge is 2.10. The van der Waals surface area contributed by atoms with Crippen molar-refractivity contribution in [3.63, 3.8) is 0 Å². The van der Waals surface area contributed by atoms with E-state index in [9.17, 15) is 14.4 Å². The van der Waals surface area contributed by atoms with Gasteiger partial charge in [-0.05, 0) is 37.6 Å². The maximum Gasteiger partial charge on any atom is 0.261 e. The molecule has 0 fully saturated rings. The minimum absolute atomic E-state index is 0.102. The molecule has 1 N–H and O–H groups in total. The fourth-order valence-corrected chi connectivity index (χ4v) is 2.79. The normalized spacial score (nSPS) is 10.7. The summed E-state index contributed by atoms with van der Waals surface area (Å²) in [5.74, 6) is -0.296. The van der Waals surface area contributed by atoms with Crippen LogP contribution in [0.4, 0.5) is 5.69 Å². The van der Waals surface area contributed by atoms with Gasteiger partial charge in [0.25, 0.3) is 5.56 Å². The first-order chi connectivity index (χ1) is 12.6. The van der Waals surface area contributed by atoms with E-state index in [0.29, 0.717) is 35.1 Å². The molecule has 0 radical (unpaired) electrons. The second-order valence-corrected chi connectivity index (χ2v) is 6.01. The predicted octanol–water partition coefficient (Wildman–Crippen LogP) is 3.02. The molecule has 3 rings (SSSR count). The zero-order valence-electron chi connectivity index (χ0n) is 14.4. The lowest BCUT2D eigenvalue weighted by Crippen LogP contribution is -2.21. The van der Waals surface area contributed by atoms with Crippen LogP contribution >= 0.6 is 0 Å². The molecular weight excluding hydrogens is 330 g/mol. The van der Waals surface area contributed by atoms with Gasteiger partial charge in [0, 0.05) is 18.5 Å². The number of hydrogen-bond donors (Lipinski definition) is 1. The SMILES string of the molecule is CC(=O)c1ccccc1NC(=O)CCCn1cnc2ccccc2c1=O. The van der Waals surface area contributed by atoms with Crippen LogP contribution in [0.25, 0.3) is 10.9 Å². The van der Waals surface area contributed by atoms with Crippen LogP contribution in [-0.2, 0) is 11.3 Å². The molecule has 6 nitrogen and oxygen atoms in total. The third-order valence-corrected chi connectivity index (χ3v) is 4.11. The lowest BCUT2D eigenvalue weighted by Gasteiger charge is -2.09. The maximum absolute atomic E-state index is 12.4. The Kier molecular flexibility index (Phi) is 5.22. The Labute approximate surface area is 150 Å². The summed E-state index contributed by atoms with van der Waals surface area (Å²) in [4.78, 5) is 40.4. The van der Waals surface area contributed by atoms with Gasteiger partial charge in [0.1, 0.15) is 0 Å². The average molecular weight is 349 g/mol. The van der Waals surface area contributed by atoms with Crippen molar-refractivity contribution in [3.05, 3.63) is 70.8 Å².